The van der Waals surface area contributed by atoms with Gasteiger partial charge in [0, 0.05) is 5.92 Å². The van der Waals surface area contributed by atoms with Crippen molar-refractivity contribution in [2.75, 3.05) is 11.9 Å². The summed E-state index contributed by atoms with van der Waals surface area (Å²) in [6.07, 6.45) is -0.527. The van der Waals surface area contributed by atoms with Crippen molar-refractivity contribution in [1.82, 2.24) is 5.32 Å². The summed E-state index contributed by atoms with van der Waals surface area (Å²) in [5.41, 5.74) is 3.89. The Balaban J connectivity index is 1.41. The van der Waals surface area contributed by atoms with Gasteiger partial charge in [0.25, 0.3) is 0 Å². The fourth-order valence-electron chi connectivity index (χ4n) is 4.16. The van der Waals surface area contributed by atoms with E-state index < -0.39 is 29.8 Å². The highest BCUT2D eigenvalue weighted by molar-refractivity contribution is 6.02. The van der Waals surface area contributed by atoms with Gasteiger partial charge in [-0.25, -0.2) is 14.0 Å². The van der Waals surface area contributed by atoms with E-state index in [0.29, 0.717) is 0 Å². The zero-order chi connectivity index (χ0) is 24.2. The van der Waals surface area contributed by atoms with Crippen LogP contribution >= 0.6 is 0 Å². The standard InChI is InChI=1S/C26H23FN2O5/c1-2-22(24(30)28-23-12-11-15(27)13-20(23)25(31)32)29-26(33)34-14-21-18-9-5-3-7-16(18)17-8-4-6-10-19(17)21/h3-13,21-22H,2,14H2,1H3,(H,28,30)(H,29,33)(H,31,32)/t22-/m1/s1. The number of benzene rings is 3. The minimum atomic E-state index is -1.38. The van der Waals surface area contributed by atoms with Gasteiger partial charge in [-0.05, 0) is 46.9 Å². The molecule has 34 heavy (non-hydrogen) atoms. The second-order valence-corrected chi connectivity index (χ2v) is 7.92. The van der Waals surface area contributed by atoms with Crippen LogP contribution in [0, 0.1) is 5.82 Å². The number of carbonyl (C=O) groups excluding carboxylic acids is 2. The van der Waals surface area contributed by atoms with Crippen LogP contribution in [0.4, 0.5) is 14.9 Å². The van der Waals surface area contributed by atoms with Crippen molar-refractivity contribution in [3.05, 3.63) is 89.2 Å². The number of fused-ring (bicyclic) bond motifs is 3. The minimum absolute atomic E-state index is 0.0633. The summed E-state index contributed by atoms with van der Waals surface area (Å²) in [5.74, 6) is -2.87. The number of ether oxygens (including phenoxy) is 1. The van der Waals surface area contributed by atoms with Gasteiger partial charge >= 0.3 is 12.1 Å². The number of alkyl carbamates (subject to hydrolysis) is 1. The third-order valence-electron chi connectivity index (χ3n) is 5.83. The third kappa shape index (κ3) is 4.61. The number of aromatic carboxylic acids is 1. The molecule has 7 nitrogen and oxygen atoms in total. The molecule has 1 aliphatic carbocycles. The molecule has 0 saturated carbocycles. The van der Waals surface area contributed by atoms with Gasteiger partial charge in [0.1, 0.15) is 18.5 Å². The van der Waals surface area contributed by atoms with E-state index in [-0.39, 0.29) is 30.2 Å². The van der Waals surface area contributed by atoms with E-state index in [1.165, 1.54) is 0 Å². The molecule has 0 spiro atoms. The lowest BCUT2D eigenvalue weighted by atomic mass is 9.98. The van der Waals surface area contributed by atoms with Gasteiger partial charge in [-0.1, -0.05) is 55.5 Å². The van der Waals surface area contributed by atoms with E-state index in [0.717, 1.165) is 40.5 Å². The van der Waals surface area contributed by atoms with Crippen LogP contribution in [0.5, 0.6) is 0 Å². The van der Waals surface area contributed by atoms with Gasteiger partial charge in [0.15, 0.2) is 0 Å². The second-order valence-electron chi connectivity index (χ2n) is 7.92. The topological polar surface area (TPSA) is 105 Å². The highest BCUT2D eigenvalue weighted by Crippen LogP contribution is 2.44. The zero-order valence-electron chi connectivity index (χ0n) is 18.4. The molecule has 1 atom stereocenters. The van der Waals surface area contributed by atoms with Crippen LogP contribution in [-0.4, -0.2) is 35.7 Å². The van der Waals surface area contributed by atoms with Gasteiger partial charge in [-0.3, -0.25) is 4.79 Å². The summed E-state index contributed by atoms with van der Waals surface area (Å²) in [5, 5.41) is 14.2. The molecule has 8 heteroatoms. The Morgan fingerprint density at radius 2 is 1.62 bits per heavy atom. The van der Waals surface area contributed by atoms with E-state index in [1.807, 2.05) is 48.5 Å². The number of carbonyl (C=O) groups is 3. The second kappa shape index (κ2) is 9.74. The number of nitrogens with one attached hydrogen (secondary N) is 2. The van der Waals surface area contributed by atoms with Crippen LogP contribution in [0.25, 0.3) is 11.1 Å². The van der Waals surface area contributed by atoms with Crippen molar-refractivity contribution < 1.29 is 28.6 Å². The maximum atomic E-state index is 13.4. The maximum Gasteiger partial charge on any atom is 0.407 e. The smallest absolute Gasteiger partial charge is 0.407 e. The first-order valence-electron chi connectivity index (χ1n) is 10.8. The Kier molecular flexibility index (Phi) is 6.58. The summed E-state index contributed by atoms with van der Waals surface area (Å²) in [4.78, 5) is 36.5. The van der Waals surface area contributed by atoms with Crippen LogP contribution in [0.15, 0.2) is 66.7 Å². The van der Waals surface area contributed by atoms with Gasteiger partial charge in [-0.15, -0.1) is 0 Å². The molecule has 0 saturated heterocycles. The highest BCUT2D eigenvalue weighted by atomic mass is 19.1. The molecule has 0 aliphatic heterocycles. The van der Waals surface area contributed by atoms with E-state index in [9.17, 15) is 23.9 Å². The number of anilines is 1. The van der Waals surface area contributed by atoms with Crippen molar-refractivity contribution >= 4 is 23.7 Å². The summed E-state index contributed by atoms with van der Waals surface area (Å²) < 4.78 is 18.9. The Bertz CT molecular complexity index is 1210. The maximum absolute atomic E-state index is 13.4. The molecule has 0 fully saturated rings. The zero-order valence-corrected chi connectivity index (χ0v) is 18.4. The first-order valence-corrected chi connectivity index (χ1v) is 10.8. The van der Waals surface area contributed by atoms with Crippen LogP contribution in [-0.2, 0) is 9.53 Å². The van der Waals surface area contributed by atoms with Gasteiger partial charge < -0.3 is 20.5 Å². The number of halogens is 1. The molecule has 2 amide bonds. The summed E-state index contributed by atoms with van der Waals surface area (Å²) >= 11 is 0. The summed E-state index contributed by atoms with van der Waals surface area (Å²) in [7, 11) is 0. The lowest BCUT2D eigenvalue weighted by Gasteiger charge is -2.19. The average Bonchev–Trinajstić information content (AvgIpc) is 3.15. The number of carboxylic acid groups (broad SMARTS) is 1. The van der Waals surface area contributed by atoms with E-state index in [4.69, 9.17) is 4.74 Å². The number of hydrogen-bond acceptors (Lipinski definition) is 4. The molecule has 4 rings (SSSR count). The number of carboxylic acids is 1. The number of amides is 2. The lowest BCUT2D eigenvalue weighted by Crippen LogP contribution is -2.44. The summed E-state index contributed by atoms with van der Waals surface area (Å²) in [6, 6.07) is 17.9. The largest absolute Gasteiger partial charge is 0.478 e. The minimum Gasteiger partial charge on any atom is -0.478 e. The Morgan fingerprint density at radius 3 is 2.21 bits per heavy atom. The molecule has 0 heterocycles. The molecule has 3 aromatic carbocycles. The first kappa shape index (κ1) is 23.0. The third-order valence-corrected chi connectivity index (χ3v) is 5.83. The SMILES string of the molecule is CC[C@@H](NC(=O)OCC1c2ccccc2-c2ccccc21)C(=O)Nc1ccc(F)cc1C(=O)O. The van der Waals surface area contributed by atoms with Crippen molar-refractivity contribution in [2.45, 2.75) is 25.3 Å². The van der Waals surface area contributed by atoms with Crippen molar-refractivity contribution in [1.29, 1.82) is 0 Å². The lowest BCUT2D eigenvalue weighted by molar-refractivity contribution is -0.118. The molecule has 174 valence electrons. The highest BCUT2D eigenvalue weighted by Gasteiger charge is 2.29. The number of rotatable bonds is 7. The molecule has 3 N–H and O–H groups in total. The van der Waals surface area contributed by atoms with Gasteiger partial charge in [-0.2, -0.15) is 0 Å². The van der Waals surface area contributed by atoms with Crippen LogP contribution in [0.3, 0.4) is 0 Å². The molecule has 3 aromatic rings. The number of hydrogen-bond donors (Lipinski definition) is 3. The Labute approximate surface area is 195 Å². The molecule has 0 unspecified atom stereocenters. The van der Waals surface area contributed by atoms with Crippen LogP contribution in [0.2, 0.25) is 0 Å². The molecular weight excluding hydrogens is 439 g/mol. The molecule has 0 aromatic heterocycles. The van der Waals surface area contributed by atoms with E-state index in [2.05, 4.69) is 10.6 Å². The summed E-state index contributed by atoms with van der Waals surface area (Å²) in [6.45, 7) is 1.79. The quantitative estimate of drug-likeness (QED) is 0.469. The molecule has 1 aliphatic rings. The van der Waals surface area contributed by atoms with Crippen molar-refractivity contribution in [2.24, 2.45) is 0 Å². The average molecular weight is 462 g/mol. The van der Waals surface area contributed by atoms with Crippen LogP contribution < -0.4 is 10.6 Å². The normalized spacial score (nSPS) is 12.9. The van der Waals surface area contributed by atoms with Crippen LogP contribution in [0.1, 0.15) is 40.7 Å². The molecule has 0 radical (unpaired) electrons. The van der Waals surface area contributed by atoms with Crippen molar-refractivity contribution in [3.63, 3.8) is 0 Å². The van der Waals surface area contributed by atoms with E-state index in [1.54, 1.807) is 6.92 Å². The fraction of sp³-hybridized carbons (Fsp3) is 0.192. The monoisotopic (exact) mass is 462 g/mol. The fourth-order valence-corrected chi connectivity index (χ4v) is 4.16. The van der Waals surface area contributed by atoms with Crippen molar-refractivity contribution in [3.8, 4) is 11.1 Å². The first-order chi connectivity index (χ1) is 16.4. The van der Waals surface area contributed by atoms with Gasteiger partial charge in [0.2, 0.25) is 5.91 Å². The predicted octanol–water partition coefficient (Wildman–Crippen LogP) is 4.78. The predicted molar refractivity (Wildman–Crippen MR) is 124 cm³/mol. The van der Waals surface area contributed by atoms with E-state index >= 15 is 0 Å². The Hall–Kier alpha value is -4.20. The molecular formula is C26H23FN2O5. The molecule has 0 bridgehead atoms. The Morgan fingerprint density at radius 1 is 1.00 bits per heavy atom. The van der Waals surface area contributed by atoms with Gasteiger partial charge in [0.05, 0.1) is 11.3 Å².